The van der Waals surface area contributed by atoms with E-state index in [2.05, 4.69) is 17.1 Å². The van der Waals surface area contributed by atoms with Crippen LogP contribution in [0.1, 0.15) is 25.3 Å². The molecule has 1 aromatic carbocycles. The van der Waals surface area contributed by atoms with E-state index in [0.29, 0.717) is 11.8 Å². The van der Waals surface area contributed by atoms with Gasteiger partial charge in [-0.15, -0.1) is 5.10 Å². The number of nitrogens with zero attached hydrogens (tertiary/aromatic N) is 2. The van der Waals surface area contributed by atoms with E-state index in [1.807, 2.05) is 24.3 Å². The molecule has 4 heteroatoms. The molecule has 0 saturated heterocycles. The Morgan fingerprint density at radius 3 is 2.59 bits per heavy atom. The van der Waals surface area contributed by atoms with Gasteiger partial charge >= 0.3 is 0 Å². The molecule has 0 radical (unpaired) electrons. The molecule has 4 nitrogen and oxygen atoms in total. The average molecular weight is 231 g/mol. The summed E-state index contributed by atoms with van der Waals surface area (Å²) in [4.78, 5) is 0. The van der Waals surface area contributed by atoms with Crippen LogP contribution in [0.25, 0.3) is 0 Å². The van der Waals surface area contributed by atoms with Crippen molar-refractivity contribution >= 4 is 11.5 Å². The third-order valence-corrected chi connectivity index (χ3v) is 3.01. The Morgan fingerprint density at radius 2 is 2.00 bits per heavy atom. The zero-order valence-corrected chi connectivity index (χ0v) is 10.2. The maximum absolute atomic E-state index is 5.71. The Labute approximate surface area is 101 Å². The molecule has 1 heterocycles. The molecular weight excluding hydrogens is 214 g/mol. The number of ether oxygens (including phenoxy) is 1. The highest BCUT2D eigenvalue weighted by Gasteiger charge is 2.21. The van der Waals surface area contributed by atoms with Crippen molar-refractivity contribution in [3.05, 3.63) is 29.8 Å². The maximum Gasteiger partial charge on any atom is 0.123 e. The Hall–Kier alpha value is -1.84. The largest absolute Gasteiger partial charge is 0.497 e. The number of nitrogens with two attached hydrogens (primary N) is 1. The van der Waals surface area contributed by atoms with Crippen molar-refractivity contribution in [3.63, 3.8) is 0 Å². The Kier molecular flexibility index (Phi) is 3.42. The van der Waals surface area contributed by atoms with Gasteiger partial charge in [0.25, 0.3) is 0 Å². The van der Waals surface area contributed by atoms with Crippen LogP contribution in [0.15, 0.2) is 34.5 Å². The molecule has 0 amide bonds. The fraction of sp³-hybridized carbons (Fsp3) is 0.385. The molecule has 0 aliphatic carbocycles. The topological polar surface area (TPSA) is 60.0 Å². The van der Waals surface area contributed by atoms with Crippen molar-refractivity contribution in [2.75, 3.05) is 7.11 Å². The van der Waals surface area contributed by atoms with E-state index in [4.69, 9.17) is 10.5 Å². The fourth-order valence-electron chi connectivity index (χ4n) is 1.98. The lowest BCUT2D eigenvalue weighted by Gasteiger charge is -2.20. The predicted molar refractivity (Wildman–Crippen MR) is 69.6 cm³/mol. The van der Waals surface area contributed by atoms with Crippen LogP contribution in [0, 0.1) is 5.92 Å². The van der Waals surface area contributed by atoms with Crippen LogP contribution >= 0.6 is 0 Å². The zero-order valence-electron chi connectivity index (χ0n) is 10.2. The highest BCUT2D eigenvalue weighted by molar-refractivity contribution is 6.05. The molecule has 1 aromatic rings. The van der Waals surface area contributed by atoms with Crippen LogP contribution < -0.4 is 10.5 Å². The fourth-order valence-corrected chi connectivity index (χ4v) is 1.98. The first-order valence-electron chi connectivity index (χ1n) is 5.79. The van der Waals surface area contributed by atoms with Crippen molar-refractivity contribution in [1.29, 1.82) is 0 Å². The average Bonchev–Trinajstić information content (AvgIpc) is 2.39. The standard InChI is InChI=1S/C13H17N3O/c1-3-9-8-12(14)15-16-13(9)10-4-6-11(17-2)7-5-10/h4-7,9H,3,8H2,1-2H3,(H2,14,15). The number of amidine groups is 1. The van der Waals surface area contributed by atoms with Crippen molar-refractivity contribution in [2.45, 2.75) is 19.8 Å². The monoisotopic (exact) mass is 231 g/mol. The molecule has 90 valence electrons. The number of rotatable bonds is 3. The van der Waals surface area contributed by atoms with E-state index in [9.17, 15) is 0 Å². The second-order valence-corrected chi connectivity index (χ2v) is 4.11. The van der Waals surface area contributed by atoms with Crippen molar-refractivity contribution in [2.24, 2.45) is 21.9 Å². The first kappa shape index (κ1) is 11.6. The van der Waals surface area contributed by atoms with Crippen LogP contribution in [-0.4, -0.2) is 18.7 Å². The zero-order chi connectivity index (χ0) is 12.3. The summed E-state index contributed by atoms with van der Waals surface area (Å²) in [5, 5.41) is 8.21. The molecule has 0 spiro atoms. The summed E-state index contributed by atoms with van der Waals surface area (Å²) in [6, 6.07) is 7.90. The lowest BCUT2D eigenvalue weighted by Crippen LogP contribution is -2.26. The van der Waals surface area contributed by atoms with Crippen LogP contribution in [0.5, 0.6) is 5.75 Å². The second kappa shape index (κ2) is 4.99. The quantitative estimate of drug-likeness (QED) is 0.866. The molecule has 0 bridgehead atoms. The van der Waals surface area contributed by atoms with Gasteiger partial charge in [0.15, 0.2) is 0 Å². The van der Waals surface area contributed by atoms with Crippen molar-refractivity contribution < 1.29 is 4.74 Å². The third-order valence-electron chi connectivity index (χ3n) is 3.01. The SMILES string of the molecule is CCC1CC(N)=NN=C1c1ccc(OC)cc1. The molecule has 17 heavy (non-hydrogen) atoms. The number of benzene rings is 1. The first-order chi connectivity index (χ1) is 8.24. The molecule has 1 unspecified atom stereocenters. The Bertz CT molecular complexity index is 448. The first-order valence-corrected chi connectivity index (χ1v) is 5.79. The van der Waals surface area contributed by atoms with E-state index in [1.54, 1.807) is 7.11 Å². The molecule has 2 N–H and O–H groups in total. The van der Waals surface area contributed by atoms with Crippen molar-refractivity contribution in [3.8, 4) is 5.75 Å². The van der Waals surface area contributed by atoms with Gasteiger partial charge < -0.3 is 10.5 Å². The smallest absolute Gasteiger partial charge is 0.123 e. The summed E-state index contributed by atoms with van der Waals surface area (Å²) in [6.07, 6.45) is 1.81. The highest BCUT2D eigenvalue weighted by Crippen LogP contribution is 2.22. The Balaban J connectivity index is 2.30. The lowest BCUT2D eigenvalue weighted by molar-refractivity contribution is 0.415. The summed E-state index contributed by atoms with van der Waals surface area (Å²) in [6.45, 7) is 2.14. The highest BCUT2D eigenvalue weighted by atomic mass is 16.5. The van der Waals surface area contributed by atoms with Gasteiger partial charge in [0.05, 0.1) is 12.8 Å². The summed E-state index contributed by atoms with van der Waals surface area (Å²) in [7, 11) is 1.66. The molecule has 1 aliphatic rings. The van der Waals surface area contributed by atoms with Gasteiger partial charge in [-0.25, -0.2) is 0 Å². The van der Waals surface area contributed by atoms with Crippen LogP contribution in [0.3, 0.4) is 0 Å². The summed E-state index contributed by atoms with van der Waals surface area (Å²) >= 11 is 0. The van der Waals surface area contributed by atoms with Gasteiger partial charge in [-0.05, 0) is 36.2 Å². The van der Waals surface area contributed by atoms with Crippen LogP contribution in [-0.2, 0) is 0 Å². The normalized spacial score (nSPS) is 19.5. The third kappa shape index (κ3) is 2.46. The van der Waals surface area contributed by atoms with Crippen molar-refractivity contribution in [1.82, 2.24) is 0 Å². The number of methoxy groups -OCH3 is 1. The van der Waals surface area contributed by atoms with Crippen LogP contribution in [0.2, 0.25) is 0 Å². The second-order valence-electron chi connectivity index (χ2n) is 4.11. The minimum Gasteiger partial charge on any atom is -0.497 e. The van der Waals surface area contributed by atoms with Crippen LogP contribution in [0.4, 0.5) is 0 Å². The minimum atomic E-state index is 0.362. The lowest BCUT2D eigenvalue weighted by atomic mass is 9.90. The van der Waals surface area contributed by atoms with Gasteiger partial charge in [0, 0.05) is 12.3 Å². The molecule has 0 saturated carbocycles. The van der Waals surface area contributed by atoms with E-state index in [-0.39, 0.29) is 0 Å². The molecule has 0 aromatic heterocycles. The Morgan fingerprint density at radius 1 is 1.29 bits per heavy atom. The summed E-state index contributed by atoms with van der Waals surface area (Å²) in [5.41, 5.74) is 7.82. The molecule has 0 fully saturated rings. The van der Waals surface area contributed by atoms with E-state index >= 15 is 0 Å². The minimum absolute atomic E-state index is 0.362. The van der Waals surface area contributed by atoms with Gasteiger partial charge in [-0.2, -0.15) is 5.10 Å². The summed E-state index contributed by atoms with van der Waals surface area (Å²) in [5.74, 6) is 1.83. The molecule has 1 atom stereocenters. The predicted octanol–water partition coefficient (Wildman–Crippen LogP) is 2.19. The number of hydrogen-bond acceptors (Lipinski definition) is 4. The number of hydrogen-bond donors (Lipinski definition) is 1. The molecule has 2 rings (SSSR count). The van der Waals surface area contributed by atoms with E-state index in [1.165, 1.54) is 0 Å². The van der Waals surface area contributed by atoms with E-state index in [0.717, 1.165) is 29.9 Å². The van der Waals surface area contributed by atoms with Gasteiger partial charge in [0.2, 0.25) is 0 Å². The maximum atomic E-state index is 5.71. The van der Waals surface area contributed by atoms with Gasteiger partial charge in [0.1, 0.15) is 11.6 Å². The molecular formula is C13H17N3O. The van der Waals surface area contributed by atoms with E-state index < -0.39 is 0 Å². The van der Waals surface area contributed by atoms with Gasteiger partial charge in [-0.3, -0.25) is 0 Å². The molecule has 1 aliphatic heterocycles. The van der Waals surface area contributed by atoms with Gasteiger partial charge in [-0.1, -0.05) is 6.92 Å². The summed E-state index contributed by atoms with van der Waals surface area (Å²) < 4.78 is 5.14.